The summed E-state index contributed by atoms with van der Waals surface area (Å²) in [5.41, 5.74) is 5.71. The highest BCUT2D eigenvalue weighted by Gasteiger charge is 2.25. The zero-order chi connectivity index (χ0) is 25.6. The van der Waals surface area contributed by atoms with Crippen LogP contribution in [0.5, 0.6) is 0 Å². The second-order valence-electron chi connectivity index (χ2n) is 9.42. The largest absolute Gasteiger partial charge is 0.335 e. The van der Waals surface area contributed by atoms with Crippen molar-refractivity contribution in [2.45, 2.75) is 19.3 Å². The summed E-state index contributed by atoms with van der Waals surface area (Å²) in [5.74, 6) is 0.296. The topological polar surface area (TPSA) is 125 Å². The molecule has 5 aromatic heterocycles. The minimum atomic E-state index is -0.341. The number of rotatable bonds is 5. The molecule has 9 nitrogen and oxygen atoms in total. The first-order chi connectivity index (χ1) is 18.6. The molecule has 0 saturated heterocycles. The third-order valence-corrected chi connectivity index (χ3v) is 7.01. The van der Waals surface area contributed by atoms with E-state index in [0.717, 1.165) is 35.7 Å². The number of hydrogen-bond donors (Lipinski definition) is 3. The molecule has 0 aliphatic heterocycles. The number of nitrogens with one attached hydrogen (secondary N) is 3. The third-order valence-electron chi connectivity index (χ3n) is 7.01. The SMILES string of the molecule is O=C(Nc1cncc(-c2cc3c(-c4nc5c(-c6ccccc6F)cncc5[nH]4)n[nH]c3cn2)c1)C1CCC1. The van der Waals surface area contributed by atoms with Crippen LogP contribution >= 0.6 is 0 Å². The highest BCUT2D eigenvalue weighted by atomic mass is 19.1. The molecule has 10 heteroatoms. The number of aromatic nitrogens is 7. The molecular weight excluding hydrogens is 483 g/mol. The number of anilines is 1. The molecule has 0 radical (unpaired) electrons. The lowest BCUT2D eigenvalue weighted by molar-refractivity contribution is -0.122. The number of fused-ring (bicyclic) bond motifs is 2. The average Bonchev–Trinajstić information content (AvgIpc) is 3.52. The Bertz CT molecular complexity index is 1840. The lowest BCUT2D eigenvalue weighted by Crippen LogP contribution is -2.28. The number of carbonyl (C=O) groups excluding carboxylic acids is 1. The number of aromatic amines is 2. The van der Waals surface area contributed by atoms with Gasteiger partial charge in [0.1, 0.15) is 17.0 Å². The van der Waals surface area contributed by atoms with Gasteiger partial charge in [-0.15, -0.1) is 0 Å². The maximum Gasteiger partial charge on any atom is 0.227 e. The van der Waals surface area contributed by atoms with Crippen molar-refractivity contribution in [1.82, 2.24) is 35.1 Å². The Morgan fingerprint density at radius 2 is 1.84 bits per heavy atom. The Morgan fingerprint density at radius 3 is 2.68 bits per heavy atom. The molecular formula is C28H21FN8O. The summed E-state index contributed by atoms with van der Waals surface area (Å²) in [4.78, 5) is 33.6. The summed E-state index contributed by atoms with van der Waals surface area (Å²) in [6.07, 6.45) is 11.3. The average molecular weight is 505 g/mol. The van der Waals surface area contributed by atoms with Gasteiger partial charge in [-0.1, -0.05) is 24.6 Å². The zero-order valence-corrected chi connectivity index (χ0v) is 20.1. The number of H-pyrrole nitrogens is 2. The van der Waals surface area contributed by atoms with Crippen LogP contribution in [0.2, 0.25) is 0 Å². The van der Waals surface area contributed by atoms with Gasteiger partial charge in [-0.2, -0.15) is 5.10 Å². The highest BCUT2D eigenvalue weighted by Crippen LogP contribution is 2.33. The van der Waals surface area contributed by atoms with E-state index in [9.17, 15) is 9.18 Å². The van der Waals surface area contributed by atoms with Crippen LogP contribution in [0.4, 0.5) is 10.1 Å². The number of nitrogens with zero attached hydrogens (tertiary/aromatic N) is 5. The van der Waals surface area contributed by atoms with Crippen molar-refractivity contribution in [3.8, 4) is 33.9 Å². The molecule has 1 aliphatic rings. The number of benzene rings is 1. The van der Waals surface area contributed by atoms with Crippen LogP contribution in [0.15, 0.2) is 67.4 Å². The molecule has 0 atom stereocenters. The van der Waals surface area contributed by atoms with Crippen LogP contribution in [0.25, 0.3) is 55.8 Å². The molecule has 38 heavy (non-hydrogen) atoms. The van der Waals surface area contributed by atoms with Crippen LogP contribution in [0.1, 0.15) is 19.3 Å². The maximum atomic E-state index is 14.5. The van der Waals surface area contributed by atoms with Gasteiger partial charge in [0.15, 0.2) is 5.82 Å². The monoisotopic (exact) mass is 504 g/mol. The van der Waals surface area contributed by atoms with Crippen molar-refractivity contribution in [3.05, 3.63) is 73.2 Å². The van der Waals surface area contributed by atoms with E-state index in [4.69, 9.17) is 4.98 Å². The normalized spacial score (nSPS) is 13.6. The van der Waals surface area contributed by atoms with E-state index < -0.39 is 0 Å². The van der Waals surface area contributed by atoms with Gasteiger partial charge in [0.25, 0.3) is 0 Å². The fourth-order valence-electron chi connectivity index (χ4n) is 4.74. The van der Waals surface area contributed by atoms with Crippen LogP contribution in [0.3, 0.4) is 0 Å². The van der Waals surface area contributed by atoms with Gasteiger partial charge < -0.3 is 10.3 Å². The smallest absolute Gasteiger partial charge is 0.227 e. The molecule has 0 spiro atoms. The predicted octanol–water partition coefficient (Wildman–Crippen LogP) is 5.50. The minimum Gasteiger partial charge on any atom is -0.335 e. The van der Waals surface area contributed by atoms with Gasteiger partial charge in [-0.3, -0.25) is 24.8 Å². The molecule has 1 saturated carbocycles. The van der Waals surface area contributed by atoms with Crippen molar-refractivity contribution in [3.63, 3.8) is 0 Å². The van der Waals surface area contributed by atoms with Crippen LogP contribution in [-0.2, 0) is 4.79 Å². The van der Waals surface area contributed by atoms with E-state index in [1.165, 1.54) is 6.07 Å². The molecule has 1 aliphatic carbocycles. The minimum absolute atomic E-state index is 0.0323. The lowest BCUT2D eigenvalue weighted by Gasteiger charge is -2.24. The molecule has 1 amide bonds. The first kappa shape index (κ1) is 22.2. The van der Waals surface area contributed by atoms with Crippen molar-refractivity contribution in [1.29, 1.82) is 0 Å². The number of pyridine rings is 3. The number of hydrogen-bond acceptors (Lipinski definition) is 6. The van der Waals surface area contributed by atoms with Crippen molar-refractivity contribution in [2.75, 3.05) is 5.32 Å². The summed E-state index contributed by atoms with van der Waals surface area (Å²) >= 11 is 0. The Balaban J connectivity index is 1.27. The van der Waals surface area contributed by atoms with Gasteiger partial charge in [-0.25, -0.2) is 9.37 Å². The number of amides is 1. The predicted molar refractivity (Wildman–Crippen MR) is 141 cm³/mol. The third kappa shape index (κ3) is 3.78. The maximum absolute atomic E-state index is 14.5. The van der Waals surface area contributed by atoms with Gasteiger partial charge >= 0.3 is 0 Å². The molecule has 5 heterocycles. The van der Waals surface area contributed by atoms with Gasteiger partial charge in [0, 0.05) is 40.4 Å². The summed E-state index contributed by atoms with van der Waals surface area (Å²) in [6.45, 7) is 0. The van der Waals surface area contributed by atoms with E-state index in [-0.39, 0.29) is 17.6 Å². The van der Waals surface area contributed by atoms with Gasteiger partial charge in [0.2, 0.25) is 5.91 Å². The Morgan fingerprint density at radius 1 is 0.974 bits per heavy atom. The van der Waals surface area contributed by atoms with Crippen LogP contribution in [0, 0.1) is 11.7 Å². The molecule has 7 rings (SSSR count). The first-order valence-electron chi connectivity index (χ1n) is 12.3. The quantitative estimate of drug-likeness (QED) is 0.285. The number of halogens is 1. The van der Waals surface area contributed by atoms with E-state index in [1.54, 1.807) is 49.2 Å². The van der Waals surface area contributed by atoms with Crippen LogP contribution < -0.4 is 5.32 Å². The molecule has 1 fully saturated rings. The molecule has 0 unspecified atom stereocenters. The van der Waals surface area contributed by atoms with E-state index in [0.29, 0.717) is 45.1 Å². The Labute approximate surface area is 215 Å². The summed E-state index contributed by atoms with van der Waals surface area (Å²) in [5, 5.41) is 11.3. The fraction of sp³-hybridized carbons (Fsp3) is 0.143. The first-order valence-corrected chi connectivity index (χ1v) is 12.3. The van der Waals surface area contributed by atoms with Crippen molar-refractivity contribution in [2.24, 2.45) is 5.92 Å². The lowest BCUT2D eigenvalue weighted by atomic mass is 9.85. The van der Waals surface area contributed by atoms with Gasteiger partial charge in [0.05, 0.1) is 41.0 Å². The molecule has 6 aromatic rings. The number of imidazole rings is 1. The van der Waals surface area contributed by atoms with Crippen molar-refractivity contribution < 1.29 is 9.18 Å². The van der Waals surface area contributed by atoms with E-state index in [1.807, 2.05) is 12.1 Å². The van der Waals surface area contributed by atoms with Crippen molar-refractivity contribution >= 4 is 33.5 Å². The zero-order valence-electron chi connectivity index (χ0n) is 20.1. The Kier molecular flexibility index (Phi) is 5.17. The molecule has 0 bridgehead atoms. The number of carbonyl (C=O) groups is 1. The molecule has 1 aromatic carbocycles. The second kappa shape index (κ2) is 8.84. The second-order valence-corrected chi connectivity index (χ2v) is 9.42. The highest BCUT2D eigenvalue weighted by molar-refractivity contribution is 5.98. The summed E-state index contributed by atoms with van der Waals surface area (Å²) in [6, 6.07) is 10.3. The van der Waals surface area contributed by atoms with E-state index in [2.05, 4.69) is 35.5 Å². The van der Waals surface area contributed by atoms with Crippen LogP contribution in [-0.4, -0.2) is 41.0 Å². The summed E-state index contributed by atoms with van der Waals surface area (Å²) in [7, 11) is 0. The standard InChI is InChI=1S/C28H21FN8O/c29-21-7-2-1-6-18(21)20-12-31-13-24-25(20)35-27(34-24)26-19-9-22(32-14-23(19)36-37-26)16-8-17(11-30-10-16)33-28(38)15-4-3-5-15/h1-2,6-15H,3-5H2,(H,33,38)(H,34,35)(H,36,37). The van der Waals surface area contributed by atoms with Gasteiger partial charge in [-0.05, 0) is 31.0 Å². The fourth-order valence-corrected chi connectivity index (χ4v) is 4.74. The molecule has 3 N–H and O–H groups in total. The summed E-state index contributed by atoms with van der Waals surface area (Å²) < 4.78 is 14.5. The van der Waals surface area contributed by atoms with E-state index >= 15 is 0 Å². The molecule has 186 valence electrons. The Hall–Kier alpha value is -4.99.